The fourth-order valence-corrected chi connectivity index (χ4v) is 1.62. The molecular weight excluding hydrogens is 232 g/mol. The average molecular weight is 248 g/mol. The Morgan fingerprint density at radius 1 is 1.44 bits per heavy atom. The molecule has 0 N–H and O–H groups in total. The molecule has 0 saturated carbocycles. The molecule has 0 spiro atoms. The molecular formula is C14H16O4. The molecule has 1 heterocycles. The topological polar surface area (TPSA) is 44.8 Å². The van der Waals surface area contributed by atoms with Crippen LogP contribution in [0.3, 0.4) is 0 Å². The molecule has 0 fully saturated rings. The summed E-state index contributed by atoms with van der Waals surface area (Å²) in [4.78, 5) is 11.0. The SMILES string of the molecule is CCC(=O)O/C=C/C(C)c1ccc2c(c1)OCO2. The predicted molar refractivity (Wildman–Crippen MR) is 66.5 cm³/mol. The number of esters is 1. The Labute approximate surface area is 106 Å². The quantitative estimate of drug-likeness (QED) is 0.607. The summed E-state index contributed by atoms with van der Waals surface area (Å²) in [6.45, 7) is 4.06. The molecule has 4 heteroatoms. The van der Waals surface area contributed by atoms with E-state index in [4.69, 9.17) is 14.2 Å². The number of hydrogen-bond acceptors (Lipinski definition) is 4. The Hall–Kier alpha value is -1.97. The van der Waals surface area contributed by atoms with Gasteiger partial charge in [0.2, 0.25) is 6.79 Å². The molecule has 1 unspecified atom stereocenters. The van der Waals surface area contributed by atoms with Gasteiger partial charge in [0.1, 0.15) is 0 Å². The van der Waals surface area contributed by atoms with Gasteiger partial charge in [0.05, 0.1) is 6.26 Å². The first-order valence-electron chi connectivity index (χ1n) is 5.96. The number of carbonyl (C=O) groups is 1. The largest absolute Gasteiger partial charge is 0.454 e. The zero-order chi connectivity index (χ0) is 13.0. The minimum atomic E-state index is -0.232. The zero-order valence-corrected chi connectivity index (χ0v) is 10.5. The van der Waals surface area contributed by atoms with E-state index in [2.05, 4.69) is 0 Å². The van der Waals surface area contributed by atoms with Gasteiger partial charge in [0.25, 0.3) is 0 Å². The van der Waals surface area contributed by atoms with Crippen molar-refractivity contribution < 1.29 is 19.0 Å². The molecule has 0 bridgehead atoms. The van der Waals surface area contributed by atoms with Gasteiger partial charge in [-0.15, -0.1) is 0 Å². The van der Waals surface area contributed by atoms with Gasteiger partial charge < -0.3 is 14.2 Å². The van der Waals surface area contributed by atoms with E-state index in [-0.39, 0.29) is 18.7 Å². The molecule has 0 radical (unpaired) electrons. The second-order valence-corrected chi connectivity index (χ2v) is 4.07. The lowest BCUT2D eigenvalue weighted by atomic mass is 10.0. The molecule has 2 rings (SSSR count). The van der Waals surface area contributed by atoms with Crippen molar-refractivity contribution in [1.29, 1.82) is 0 Å². The molecule has 1 aromatic rings. The van der Waals surface area contributed by atoms with Crippen LogP contribution < -0.4 is 9.47 Å². The molecule has 1 aromatic carbocycles. The van der Waals surface area contributed by atoms with Crippen LogP contribution in [0.5, 0.6) is 11.5 Å². The second kappa shape index (κ2) is 5.58. The van der Waals surface area contributed by atoms with Gasteiger partial charge in [-0.25, -0.2) is 0 Å². The Morgan fingerprint density at radius 3 is 3.00 bits per heavy atom. The molecule has 1 atom stereocenters. The van der Waals surface area contributed by atoms with E-state index >= 15 is 0 Å². The molecule has 0 amide bonds. The molecule has 1 aliphatic rings. The Kier molecular flexibility index (Phi) is 3.87. The van der Waals surface area contributed by atoms with Crippen molar-refractivity contribution in [1.82, 2.24) is 0 Å². The van der Waals surface area contributed by atoms with Gasteiger partial charge in [0, 0.05) is 12.3 Å². The smallest absolute Gasteiger partial charge is 0.310 e. The molecule has 0 aromatic heterocycles. The highest BCUT2D eigenvalue weighted by Crippen LogP contribution is 2.34. The fraction of sp³-hybridized carbons (Fsp3) is 0.357. The van der Waals surface area contributed by atoms with Crippen LogP contribution >= 0.6 is 0 Å². The monoisotopic (exact) mass is 248 g/mol. The van der Waals surface area contributed by atoms with E-state index in [9.17, 15) is 4.79 Å². The second-order valence-electron chi connectivity index (χ2n) is 4.07. The first-order valence-corrected chi connectivity index (χ1v) is 5.96. The zero-order valence-electron chi connectivity index (χ0n) is 10.5. The minimum absolute atomic E-state index is 0.143. The normalized spacial score (nSPS) is 14.8. The van der Waals surface area contributed by atoms with Gasteiger partial charge >= 0.3 is 5.97 Å². The third-order valence-corrected chi connectivity index (χ3v) is 2.78. The van der Waals surface area contributed by atoms with E-state index in [1.165, 1.54) is 6.26 Å². The van der Waals surface area contributed by atoms with E-state index in [0.717, 1.165) is 17.1 Å². The molecule has 1 aliphatic heterocycles. The van der Waals surface area contributed by atoms with Gasteiger partial charge in [-0.2, -0.15) is 0 Å². The number of carbonyl (C=O) groups excluding carboxylic acids is 1. The molecule has 18 heavy (non-hydrogen) atoms. The van der Waals surface area contributed by atoms with Crippen LogP contribution in [-0.2, 0) is 9.53 Å². The summed E-state index contributed by atoms with van der Waals surface area (Å²) >= 11 is 0. The van der Waals surface area contributed by atoms with Crippen molar-refractivity contribution in [3.8, 4) is 11.5 Å². The van der Waals surface area contributed by atoms with Crippen molar-refractivity contribution in [3.05, 3.63) is 36.1 Å². The van der Waals surface area contributed by atoms with Crippen LogP contribution in [0.15, 0.2) is 30.5 Å². The highest BCUT2D eigenvalue weighted by molar-refractivity contribution is 5.69. The van der Waals surface area contributed by atoms with Gasteiger partial charge in [-0.05, 0) is 23.8 Å². The van der Waals surface area contributed by atoms with Crippen LogP contribution in [0, 0.1) is 0 Å². The number of allylic oxidation sites excluding steroid dienone is 1. The summed E-state index contributed by atoms with van der Waals surface area (Å²) in [5.41, 5.74) is 1.09. The summed E-state index contributed by atoms with van der Waals surface area (Å²) < 4.78 is 15.5. The molecule has 0 saturated heterocycles. The maximum atomic E-state index is 11.0. The van der Waals surface area contributed by atoms with Crippen molar-refractivity contribution in [2.75, 3.05) is 6.79 Å². The van der Waals surface area contributed by atoms with Crippen LogP contribution in [0.25, 0.3) is 0 Å². The highest BCUT2D eigenvalue weighted by atomic mass is 16.7. The summed E-state index contributed by atoms with van der Waals surface area (Å²) in [7, 11) is 0. The molecule has 4 nitrogen and oxygen atoms in total. The van der Waals surface area contributed by atoms with E-state index in [0.29, 0.717) is 6.42 Å². The lowest BCUT2D eigenvalue weighted by Crippen LogP contribution is -1.96. The highest BCUT2D eigenvalue weighted by Gasteiger charge is 2.14. The van der Waals surface area contributed by atoms with Gasteiger partial charge in [-0.3, -0.25) is 4.79 Å². The van der Waals surface area contributed by atoms with Crippen molar-refractivity contribution in [3.63, 3.8) is 0 Å². The third-order valence-electron chi connectivity index (χ3n) is 2.78. The van der Waals surface area contributed by atoms with Crippen molar-refractivity contribution in [2.45, 2.75) is 26.2 Å². The Morgan fingerprint density at radius 2 is 2.22 bits per heavy atom. The van der Waals surface area contributed by atoms with Crippen molar-refractivity contribution >= 4 is 5.97 Å². The first-order chi connectivity index (χ1) is 8.70. The van der Waals surface area contributed by atoms with Crippen LogP contribution in [0.4, 0.5) is 0 Å². The summed E-state index contributed by atoms with van der Waals surface area (Å²) in [6, 6.07) is 5.81. The number of fused-ring (bicyclic) bond motifs is 1. The maximum Gasteiger partial charge on any atom is 0.310 e. The average Bonchev–Trinajstić information content (AvgIpc) is 2.85. The van der Waals surface area contributed by atoms with Gasteiger partial charge in [-0.1, -0.05) is 19.9 Å². The standard InChI is InChI=1S/C14H16O4/c1-3-14(15)16-7-6-10(2)11-4-5-12-13(8-11)18-9-17-12/h4-8,10H,3,9H2,1-2H3/b7-6+. The van der Waals surface area contributed by atoms with E-state index in [1.54, 1.807) is 6.92 Å². The number of rotatable bonds is 4. The van der Waals surface area contributed by atoms with Crippen LogP contribution in [-0.4, -0.2) is 12.8 Å². The molecule has 96 valence electrons. The third kappa shape index (κ3) is 2.83. The van der Waals surface area contributed by atoms with Crippen LogP contribution in [0.1, 0.15) is 31.7 Å². The number of hydrogen-bond donors (Lipinski definition) is 0. The predicted octanol–water partition coefficient (Wildman–Crippen LogP) is 2.99. The van der Waals surface area contributed by atoms with E-state index in [1.807, 2.05) is 31.2 Å². The Bertz CT molecular complexity index is 465. The lowest BCUT2D eigenvalue weighted by Gasteiger charge is -2.07. The molecule has 0 aliphatic carbocycles. The van der Waals surface area contributed by atoms with Gasteiger partial charge in [0.15, 0.2) is 11.5 Å². The summed E-state index contributed by atoms with van der Waals surface area (Å²) in [5, 5.41) is 0. The fourth-order valence-electron chi connectivity index (χ4n) is 1.62. The number of benzene rings is 1. The van der Waals surface area contributed by atoms with Crippen LogP contribution in [0.2, 0.25) is 0 Å². The Balaban J connectivity index is 2.00. The number of ether oxygens (including phenoxy) is 3. The summed E-state index contributed by atoms with van der Waals surface area (Å²) in [5.74, 6) is 1.44. The maximum absolute atomic E-state index is 11.0. The van der Waals surface area contributed by atoms with Crippen molar-refractivity contribution in [2.24, 2.45) is 0 Å². The minimum Gasteiger partial charge on any atom is -0.454 e. The lowest BCUT2D eigenvalue weighted by molar-refractivity contribution is -0.137. The van der Waals surface area contributed by atoms with E-state index < -0.39 is 0 Å². The first kappa shape index (κ1) is 12.5. The summed E-state index contributed by atoms with van der Waals surface area (Å²) in [6.07, 6.45) is 3.66.